The molecule has 0 aromatic heterocycles. The van der Waals surface area contributed by atoms with E-state index < -0.39 is 0 Å². The van der Waals surface area contributed by atoms with Gasteiger partial charge in [-0.2, -0.15) is 0 Å². The van der Waals surface area contributed by atoms with E-state index in [1.54, 1.807) is 0 Å². The first-order valence-corrected chi connectivity index (χ1v) is 5.92. The lowest BCUT2D eigenvalue weighted by molar-refractivity contribution is -0.124. The van der Waals surface area contributed by atoms with Gasteiger partial charge in [-0.15, -0.1) is 0 Å². The first-order valence-electron chi connectivity index (χ1n) is 5.92. The van der Waals surface area contributed by atoms with Crippen LogP contribution in [0.25, 0.3) is 0 Å². The highest BCUT2D eigenvalue weighted by Gasteiger charge is 2.26. The smallest absolute Gasteiger partial charge is 0.224 e. The van der Waals surface area contributed by atoms with Crippen molar-refractivity contribution in [2.45, 2.75) is 12.8 Å². The molecule has 2 fully saturated rings. The van der Waals surface area contributed by atoms with Gasteiger partial charge in [-0.1, -0.05) is 0 Å². The van der Waals surface area contributed by atoms with Crippen molar-refractivity contribution < 1.29 is 4.79 Å². The van der Waals surface area contributed by atoms with E-state index in [-0.39, 0.29) is 11.8 Å². The Morgan fingerprint density at radius 2 is 2.40 bits per heavy atom. The first-order chi connectivity index (χ1) is 7.25. The summed E-state index contributed by atoms with van der Waals surface area (Å²) >= 11 is 0. The second-order valence-corrected chi connectivity index (χ2v) is 4.85. The Bertz CT molecular complexity index is 226. The first kappa shape index (κ1) is 10.9. The predicted octanol–water partition coefficient (Wildman–Crippen LogP) is -0.336. The van der Waals surface area contributed by atoms with E-state index in [9.17, 15) is 4.79 Å². The summed E-state index contributed by atoms with van der Waals surface area (Å²) in [6.07, 6.45) is 2.22. The zero-order chi connectivity index (χ0) is 10.7. The van der Waals surface area contributed by atoms with Gasteiger partial charge in [-0.25, -0.2) is 0 Å². The number of nitrogens with zero attached hydrogens (tertiary/aromatic N) is 1. The third kappa shape index (κ3) is 2.92. The molecule has 0 aliphatic carbocycles. The van der Waals surface area contributed by atoms with Crippen LogP contribution in [-0.2, 0) is 4.79 Å². The van der Waals surface area contributed by atoms with Gasteiger partial charge in [0, 0.05) is 13.1 Å². The molecule has 0 aromatic rings. The largest absolute Gasteiger partial charge is 0.355 e. The number of carbonyl (C=O) groups is 1. The van der Waals surface area contributed by atoms with Gasteiger partial charge in [0.2, 0.25) is 5.91 Å². The molecule has 2 rings (SSSR count). The Labute approximate surface area is 91.4 Å². The fourth-order valence-corrected chi connectivity index (χ4v) is 2.43. The zero-order valence-electron chi connectivity index (χ0n) is 9.46. The molecule has 0 spiro atoms. The lowest BCUT2D eigenvalue weighted by Crippen LogP contribution is -2.35. The van der Waals surface area contributed by atoms with Crippen LogP contribution >= 0.6 is 0 Å². The zero-order valence-corrected chi connectivity index (χ0v) is 9.46. The average Bonchev–Trinajstić information content (AvgIpc) is 2.84. The molecule has 0 aromatic carbocycles. The van der Waals surface area contributed by atoms with Crippen molar-refractivity contribution in [3.05, 3.63) is 0 Å². The fourth-order valence-electron chi connectivity index (χ4n) is 2.43. The summed E-state index contributed by atoms with van der Waals surface area (Å²) in [6.45, 7) is 5.00. The maximum absolute atomic E-state index is 11.8. The second-order valence-electron chi connectivity index (χ2n) is 4.85. The van der Waals surface area contributed by atoms with E-state index >= 15 is 0 Å². The summed E-state index contributed by atoms with van der Waals surface area (Å²) in [6, 6.07) is 0. The van der Waals surface area contributed by atoms with Gasteiger partial charge in [0.15, 0.2) is 0 Å². The molecule has 2 saturated heterocycles. The van der Waals surface area contributed by atoms with Crippen LogP contribution in [0.4, 0.5) is 0 Å². The normalized spacial score (nSPS) is 32.1. The highest BCUT2D eigenvalue weighted by molar-refractivity contribution is 5.79. The SMILES string of the molecule is CN1CCC(C(=O)NCC2CCNC2)C1. The molecule has 0 bridgehead atoms. The van der Waals surface area contributed by atoms with E-state index in [1.165, 1.54) is 6.42 Å². The van der Waals surface area contributed by atoms with Gasteiger partial charge in [-0.05, 0) is 45.4 Å². The van der Waals surface area contributed by atoms with Crippen molar-refractivity contribution in [3.8, 4) is 0 Å². The Morgan fingerprint density at radius 1 is 1.53 bits per heavy atom. The minimum atomic E-state index is 0.226. The number of nitrogens with one attached hydrogen (secondary N) is 2. The molecule has 86 valence electrons. The molecule has 2 aliphatic rings. The van der Waals surface area contributed by atoms with E-state index in [4.69, 9.17) is 0 Å². The highest BCUT2D eigenvalue weighted by atomic mass is 16.1. The van der Waals surface area contributed by atoms with E-state index in [0.717, 1.165) is 39.1 Å². The standard InChI is InChI=1S/C11H21N3O/c1-14-5-3-10(8-14)11(15)13-7-9-2-4-12-6-9/h9-10,12H,2-8H2,1H3,(H,13,15). The number of hydrogen-bond donors (Lipinski definition) is 2. The number of carbonyl (C=O) groups excluding carboxylic acids is 1. The van der Waals surface area contributed by atoms with E-state index in [2.05, 4.69) is 22.6 Å². The van der Waals surface area contributed by atoms with Gasteiger partial charge in [0.1, 0.15) is 0 Å². The van der Waals surface area contributed by atoms with E-state index in [0.29, 0.717) is 5.92 Å². The van der Waals surface area contributed by atoms with Crippen LogP contribution in [-0.4, -0.2) is 50.6 Å². The molecule has 15 heavy (non-hydrogen) atoms. The number of likely N-dealkylation sites (tertiary alicyclic amines) is 1. The topological polar surface area (TPSA) is 44.4 Å². The molecule has 1 amide bonds. The molecule has 4 nitrogen and oxygen atoms in total. The Balaban J connectivity index is 1.67. The lowest BCUT2D eigenvalue weighted by Gasteiger charge is -2.13. The quantitative estimate of drug-likeness (QED) is 0.671. The van der Waals surface area contributed by atoms with Crippen molar-refractivity contribution in [2.24, 2.45) is 11.8 Å². The number of amides is 1. The third-order valence-corrected chi connectivity index (χ3v) is 3.49. The molecule has 0 saturated carbocycles. The van der Waals surface area contributed by atoms with Crippen molar-refractivity contribution in [1.29, 1.82) is 0 Å². The minimum Gasteiger partial charge on any atom is -0.355 e. The van der Waals surface area contributed by atoms with Crippen LogP contribution in [0.15, 0.2) is 0 Å². The highest BCUT2D eigenvalue weighted by Crippen LogP contribution is 2.14. The molecular weight excluding hydrogens is 190 g/mol. The number of rotatable bonds is 3. The van der Waals surface area contributed by atoms with Gasteiger partial charge in [0.25, 0.3) is 0 Å². The second kappa shape index (κ2) is 4.94. The summed E-state index contributed by atoms with van der Waals surface area (Å²) in [4.78, 5) is 14.0. The Morgan fingerprint density at radius 3 is 3.00 bits per heavy atom. The Kier molecular flexibility index (Phi) is 3.59. The van der Waals surface area contributed by atoms with Crippen molar-refractivity contribution in [1.82, 2.24) is 15.5 Å². The van der Waals surface area contributed by atoms with Crippen molar-refractivity contribution in [3.63, 3.8) is 0 Å². The molecular formula is C11H21N3O. The minimum absolute atomic E-state index is 0.226. The molecule has 2 aliphatic heterocycles. The van der Waals surface area contributed by atoms with Gasteiger partial charge in [-0.3, -0.25) is 4.79 Å². The molecule has 2 heterocycles. The number of hydrogen-bond acceptors (Lipinski definition) is 3. The summed E-state index contributed by atoms with van der Waals surface area (Å²) in [5, 5.41) is 6.39. The maximum Gasteiger partial charge on any atom is 0.224 e. The van der Waals surface area contributed by atoms with E-state index in [1.807, 2.05) is 0 Å². The lowest BCUT2D eigenvalue weighted by atomic mass is 10.1. The summed E-state index contributed by atoms with van der Waals surface area (Å²) in [5.41, 5.74) is 0. The van der Waals surface area contributed by atoms with Crippen LogP contribution in [0.1, 0.15) is 12.8 Å². The van der Waals surface area contributed by atoms with Crippen LogP contribution in [0.3, 0.4) is 0 Å². The van der Waals surface area contributed by atoms with Gasteiger partial charge < -0.3 is 15.5 Å². The van der Waals surface area contributed by atoms with Gasteiger partial charge in [0.05, 0.1) is 5.92 Å². The molecule has 2 unspecified atom stereocenters. The summed E-state index contributed by atoms with van der Waals surface area (Å²) in [7, 11) is 2.08. The predicted molar refractivity (Wildman–Crippen MR) is 59.6 cm³/mol. The monoisotopic (exact) mass is 211 g/mol. The van der Waals surface area contributed by atoms with Gasteiger partial charge >= 0.3 is 0 Å². The fraction of sp³-hybridized carbons (Fsp3) is 0.909. The molecule has 2 N–H and O–H groups in total. The summed E-state index contributed by atoms with van der Waals surface area (Å²) < 4.78 is 0. The molecule has 2 atom stereocenters. The summed E-state index contributed by atoms with van der Waals surface area (Å²) in [5.74, 6) is 1.13. The van der Waals surface area contributed by atoms with Crippen LogP contribution in [0.5, 0.6) is 0 Å². The van der Waals surface area contributed by atoms with Crippen molar-refractivity contribution >= 4 is 5.91 Å². The van der Waals surface area contributed by atoms with Crippen LogP contribution < -0.4 is 10.6 Å². The van der Waals surface area contributed by atoms with Crippen molar-refractivity contribution in [2.75, 3.05) is 39.8 Å². The maximum atomic E-state index is 11.8. The van der Waals surface area contributed by atoms with Crippen LogP contribution in [0.2, 0.25) is 0 Å². The third-order valence-electron chi connectivity index (χ3n) is 3.49. The molecule has 4 heteroatoms. The Hall–Kier alpha value is -0.610. The molecule has 0 radical (unpaired) electrons. The van der Waals surface area contributed by atoms with Crippen LogP contribution in [0, 0.1) is 11.8 Å². The average molecular weight is 211 g/mol.